The van der Waals surface area contributed by atoms with Crippen molar-refractivity contribution in [2.24, 2.45) is 4.99 Å². The smallest absolute Gasteiger partial charge is 0.217 e. The molecule has 2 aromatic carbocycles. The summed E-state index contributed by atoms with van der Waals surface area (Å²) < 4.78 is 7.29. The van der Waals surface area contributed by atoms with Crippen LogP contribution in [-0.2, 0) is 10.3 Å². The number of hydrogen-bond acceptors (Lipinski definition) is 2. The summed E-state index contributed by atoms with van der Waals surface area (Å²) in [5.74, 6) is 0.711. The summed E-state index contributed by atoms with van der Waals surface area (Å²) in [7, 11) is 0. The van der Waals surface area contributed by atoms with Crippen LogP contribution in [0.15, 0.2) is 58.0 Å². The molecule has 1 atom stereocenters. The van der Waals surface area contributed by atoms with Crippen molar-refractivity contribution in [1.82, 2.24) is 0 Å². The molecule has 4 heteroatoms. The normalized spacial score (nSPS) is 21.0. The fourth-order valence-corrected chi connectivity index (χ4v) is 3.23. The Kier molecular flexibility index (Phi) is 4.18. The van der Waals surface area contributed by atoms with Gasteiger partial charge in [0.1, 0.15) is 0 Å². The van der Waals surface area contributed by atoms with Gasteiger partial charge < -0.3 is 4.74 Å². The largest absolute Gasteiger partial charge is 0.463 e. The Labute approximate surface area is 141 Å². The van der Waals surface area contributed by atoms with Crippen LogP contribution in [0.4, 0.5) is 0 Å². The van der Waals surface area contributed by atoms with Gasteiger partial charge in [0.05, 0.1) is 6.54 Å². The van der Waals surface area contributed by atoms with Crippen molar-refractivity contribution in [3.8, 4) is 0 Å². The van der Waals surface area contributed by atoms with Crippen molar-refractivity contribution >= 4 is 37.8 Å². The molecule has 1 aliphatic rings. The fraction of sp³-hybridized carbons (Fsp3) is 0.235. The minimum absolute atomic E-state index is 0.407. The van der Waals surface area contributed by atoms with E-state index >= 15 is 0 Å². The van der Waals surface area contributed by atoms with Crippen LogP contribution in [-0.4, -0.2) is 17.8 Å². The number of rotatable bonds is 3. The number of nitrogens with zero attached hydrogens (tertiary/aromatic N) is 1. The van der Waals surface area contributed by atoms with Gasteiger partial charge in [-0.05, 0) is 36.8 Å². The summed E-state index contributed by atoms with van der Waals surface area (Å²) in [6.07, 6.45) is 0. The summed E-state index contributed by atoms with van der Waals surface area (Å²) in [6, 6.07) is 16.5. The van der Waals surface area contributed by atoms with Gasteiger partial charge in [-0.25, -0.2) is 4.99 Å². The van der Waals surface area contributed by atoms with E-state index in [0.29, 0.717) is 17.8 Å². The molecule has 108 valence electrons. The van der Waals surface area contributed by atoms with E-state index in [-0.39, 0.29) is 0 Å². The van der Waals surface area contributed by atoms with Gasteiger partial charge in [0.25, 0.3) is 0 Å². The molecular formula is C17H15Br2NO. The minimum Gasteiger partial charge on any atom is -0.463 e. The SMILES string of the molecule is Cc1ccc([C@]2(CBr)CN=C(c3ccc(Br)cc3)O2)cc1. The third-order valence-corrected chi connectivity index (χ3v) is 5.09. The van der Waals surface area contributed by atoms with Gasteiger partial charge in [0, 0.05) is 15.4 Å². The van der Waals surface area contributed by atoms with E-state index in [9.17, 15) is 0 Å². The van der Waals surface area contributed by atoms with E-state index in [4.69, 9.17) is 4.74 Å². The number of halogens is 2. The molecule has 0 aliphatic carbocycles. The molecule has 21 heavy (non-hydrogen) atoms. The van der Waals surface area contributed by atoms with Crippen LogP contribution < -0.4 is 0 Å². The molecule has 1 aliphatic heterocycles. The molecule has 0 spiro atoms. The second-order valence-electron chi connectivity index (χ2n) is 5.22. The molecule has 0 N–H and O–H groups in total. The second-order valence-corrected chi connectivity index (χ2v) is 6.70. The van der Waals surface area contributed by atoms with E-state index < -0.39 is 5.60 Å². The van der Waals surface area contributed by atoms with Gasteiger partial charge in [-0.3, -0.25) is 0 Å². The maximum absolute atomic E-state index is 6.24. The third kappa shape index (κ3) is 2.92. The number of aryl methyl sites for hydroxylation is 1. The zero-order chi connectivity index (χ0) is 14.9. The van der Waals surface area contributed by atoms with Crippen LogP contribution in [0.5, 0.6) is 0 Å². The predicted molar refractivity (Wildman–Crippen MR) is 93.3 cm³/mol. The van der Waals surface area contributed by atoms with Crippen LogP contribution in [0.1, 0.15) is 16.7 Å². The molecular weight excluding hydrogens is 394 g/mol. The van der Waals surface area contributed by atoms with Crippen LogP contribution >= 0.6 is 31.9 Å². The van der Waals surface area contributed by atoms with Crippen molar-refractivity contribution in [2.45, 2.75) is 12.5 Å². The van der Waals surface area contributed by atoms with Gasteiger partial charge in [-0.1, -0.05) is 61.7 Å². The summed E-state index contributed by atoms with van der Waals surface area (Å²) in [5.41, 5.74) is 3.00. The molecule has 2 aromatic rings. The fourth-order valence-electron chi connectivity index (χ4n) is 2.35. The van der Waals surface area contributed by atoms with Crippen LogP contribution in [0, 0.1) is 6.92 Å². The molecule has 0 unspecified atom stereocenters. The average Bonchev–Trinajstić information content (AvgIpc) is 2.94. The summed E-state index contributed by atoms with van der Waals surface area (Å²) in [5, 5.41) is 0.715. The predicted octanol–water partition coefficient (Wildman–Crippen LogP) is 4.82. The molecule has 0 bridgehead atoms. The van der Waals surface area contributed by atoms with Crippen LogP contribution in [0.3, 0.4) is 0 Å². The van der Waals surface area contributed by atoms with Gasteiger partial charge in [0.2, 0.25) is 5.90 Å². The number of alkyl halides is 1. The lowest BCUT2D eigenvalue weighted by Crippen LogP contribution is -2.32. The zero-order valence-electron chi connectivity index (χ0n) is 11.6. The molecule has 1 heterocycles. The highest BCUT2D eigenvalue weighted by Crippen LogP contribution is 2.34. The van der Waals surface area contributed by atoms with Crippen molar-refractivity contribution in [3.05, 3.63) is 69.7 Å². The van der Waals surface area contributed by atoms with E-state index in [0.717, 1.165) is 15.6 Å². The number of hydrogen-bond donors (Lipinski definition) is 0. The average molecular weight is 409 g/mol. The monoisotopic (exact) mass is 407 g/mol. The van der Waals surface area contributed by atoms with Crippen molar-refractivity contribution in [3.63, 3.8) is 0 Å². The Balaban J connectivity index is 1.88. The second kappa shape index (κ2) is 5.93. The maximum Gasteiger partial charge on any atom is 0.217 e. The van der Waals surface area contributed by atoms with Gasteiger partial charge >= 0.3 is 0 Å². The number of aliphatic imine (C=N–C) groups is 1. The number of benzene rings is 2. The van der Waals surface area contributed by atoms with E-state index in [1.807, 2.05) is 24.3 Å². The quantitative estimate of drug-likeness (QED) is 0.666. The first-order valence-electron chi connectivity index (χ1n) is 6.75. The highest BCUT2D eigenvalue weighted by Gasteiger charge is 2.39. The zero-order valence-corrected chi connectivity index (χ0v) is 14.8. The van der Waals surface area contributed by atoms with E-state index in [1.54, 1.807) is 0 Å². The lowest BCUT2D eigenvalue weighted by molar-refractivity contribution is 0.115. The first-order chi connectivity index (χ1) is 10.1. The van der Waals surface area contributed by atoms with Crippen LogP contribution in [0.25, 0.3) is 0 Å². The van der Waals surface area contributed by atoms with Crippen molar-refractivity contribution in [1.29, 1.82) is 0 Å². The molecule has 0 saturated carbocycles. The van der Waals surface area contributed by atoms with E-state index in [2.05, 4.69) is 68.0 Å². The molecule has 2 nitrogen and oxygen atoms in total. The first-order valence-corrected chi connectivity index (χ1v) is 8.67. The van der Waals surface area contributed by atoms with Crippen LogP contribution in [0.2, 0.25) is 0 Å². The van der Waals surface area contributed by atoms with Crippen molar-refractivity contribution in [2.75, 3.05) is 11.9 Å². The van der Waals surface area contributed by atoms with Crippen molar-refractivity contribution < 1.29 is 4.74 Å². The molecule has 0 saturated heterocycles. The van der Waals surface area contributed by atoms with Gasteiger partial charge in [0.15, 0.2) is 5.60 Å². The standard InChI is InChI=1S/C17H15Br2NO/c1-12-2-6-14(7-3-12)17(10-18)11-20-16(21-17)13-4-8-15(19)9-5-13/h2-9H,10-11H2,1H3/t17-/m0/s1. The van der Waals surface area contributed by atoms with Gasteiger partial charge in [-0.15, -0.1) is 0 Å². The summed E-state index contributed by atoms with van der Waals surface area (Å²) in [6.45, 7) is 2.72. The molecule has 0 aromatic heterocycles. The third-order valence-electron chi connectivity index (χ3n) is 3.65. The Bertz CT molecular complexity index is 664. The molecule has 0 amide bonds. The Morgan fingerprint density at radius 1 is 1.10 bits per heavy atom. The first kappa shape index (κ1) is 14.8. The maximum atomic E-state index is 6.24. The number of ether oxygens (including phenoxy) is 1. The summed E-state index contributed by atoms with van der Waals surface area (Å²) >= 11 is 7.04. The lowest BCUT2D eigenvalue weighted by atomic mass is 9.95. The van der Waals surface area contributed by atoms with E-state index in [1.165, 1.54) is 5.56 Å². The Morgan fingerprint density at radius 2 is 1.76 bits per heavy atom. The lowest BCUT2D eigenvalue weighted by Gasteiger charge is -2.27. The topological polar surface area (TPSA) is 21.6 Å². The molecule has 0 radical (unpaired) electrons. The summed E-state index contributed by atoms with van der Waals surface area (Å²) in [4.78, 5) is 4.61. The minimum atomic E-state index is -0.407. The Morgan fingerprint density at radius 3 is 2.38 bits per heavy atom. The molecule has 3 rings (SSSR count). The molecule has 0 fully saturated rings. The highest BCUT2D eigenvalue weighted by molar-refractivity contribution is 9.10. The van der Waals surface area contributed by atoms with Gasteiger partial charge in [-0.2, -0.15) is 0 Å². The Hall–Kier alpha value is -1.13. The highest BCUT2D eigenvalue weighted by atomic mass is 79.9.